The molecule has 2 aromatic carbocycles. The Balaban J connectivity index is 1.55. The van der Waals surface area contributed by atoms with E-state index in [2.05, 4.69) is 57.8 Å². The Labute approximate surface area is 191 Å². The number of guanidine groups is 1. The van der Waals surface area contributed by atoms with E-state index in [0.717, 1.165) is 43.2 Å². The van der Waals surface area contributed by atoms with Gasteiger partial charge in [-0.3, -0.25) is 9.89 Å². The van der Waals surface area contributed by atoms with Crippen molar-refractivity contribution in [2.45, 2.75) is 44.9 Å². The maximum Gasteiger partial charge on any atom is 0.191 e. The maximum atomic E-state index is 5.54. The number of methoxy groups -OCH3 is 3. The SMILES string of the molecule is CN=C(NCc1cc(OC)c(OC)cc1OC)NC1CCN(Cc2ccccc2)C(C)C1. The summed E-state index contributed by atoms with van der Waals surface area (Å²) < 4.78 is 16.3. The first-order chi connectivity index (χ1) is 15.6. The van der Waals surface area contributed by atoms with Crippen LogP contribution >= 0.6 is 0 Å². The number of likely N-dealkylation sites (tertiary alicyclic amines) is 1. The lowest BCUT2D eigenvalue weighted by Crippen LogP contribution is -2.51. The fraction of sp³-hybridized carbons (Fsp3) is 0.480. The number of hydrogen-bond donors (Lipinski definition) is 2. The third-order valence-corrected chi connectivity index (χ3v) is 6.04. The van der Waals surface area contributed by atoms with E-state index in [1.807, 2.05) is 12.1 Å². The molecule has 0 bridgehead atoms. The Morgan fingerprint density at radius 3 is 2.34 bits per heavy atom. The molecule has 0 spiro atoms. The van der Waals surface area contributed by atoms with Crippen LogP contribution in [0.1, 0.15) is 30.9 Å². The molecule has 0 amide bonds. The first kappa shape index (κ1) is 23.7. The Bertz CT molecular complexity index is 888. The lowest BCUT2D eigenvalue weighted by molar-refractivity contribution is 0.134. The van der Waals surface area contributed by atoms with Crippen LogP contribution in [-0.4, -0.2) is 57.9 Å². The van der Waals surface area contributed by atoms with Gasteiger partial charge in [-0.1, -0.05) is 30.3 Å². The lowest BCUT2D eigenvalue weighted by atomic mass is 9.97. The monoisotopic (exact) mass is 440 g/mol. The molecular formula is C25H36N4O3. The zero-order valence-electron chi connectivity index (χ0n) is 19.9. The van der Waals surface area contributed by atoms with Gasteiger partial charge in [0.2, 0.25) is 0 Å². The summed E-state index contributed by atoms with van der Waals surface area (Å²) in [4.78, 5) is 6.98. The Morgan fingerprint density at radius 1 is 1.03 bits per heavy atom. The highest BCUT2D eigenvalue weighted by molar-refractivity contribution is 5.80. The number of rotatable bonds is 8. The largest absolute Gasteiger partial charge is 0.496 e. The van der Waals surface area contributed by atoms with Crippen molar-refractivity contribution in [3.63, 3.8) is 0 Å². The zero-order chi connectivity index (χ0) is 22.9. The van der Waals surface area contributed by atoms with E-state index in [-0.39, 0.29) is 0 Å². The summed E-state index contributed by atoms with van der Waals surface area (Å²) in [5.74, 6) is 2.85. The summed E-state index contributed by atoms with van der Waals surface area (Å²) in [6.45, 7) is 4.93. The van der Waals surface area contributed by atoms with Crippen molar-refractivity contribution in [3.05, 3.63) is 53.6 Å². The van der Waals surface area contributed by atoms with E-state index in [1.54, 1.807) is 28.4 Å². The zero-order valence-corrected chi connectivity index (χ0v) is 19.9. The summed E-state index contributed by atoms with van der Waals surface area (Å²) in [7, 11) is 6.71. The second kappa shape index (κ2) is 11.6. The molecule has 1 aliphatic heterocycles. The Hall–Kier alpha value is -2.93. The molecule has 0 radical (unpaired) electrons. The van der Waals surface area contributed by atoms with Crippen molar-refractivity contribution in [1.82, 2.24) is 15.5 Å². The van der Waals surface area contributed by atoms with Crippen LogP contribution in [0.2, 0.25) is 0 Å². The molecular weight excluding hydrogens is 404 g/mol. The molecule has 7 heteroatoms. The van der Waals surface area contributed by atoms with Crippen molar-refractivity contribution >= 4 is 5.96 Å². The number of aliphatic imine (C=N–C) groups is 1. The van der Waals surface area contributed by atoms with E-state index in [1.165, 1.54) is 5.56 Å². The first-order valence-corrected chi connectivity index (χ1v) is 11.1. The smallest absolute Gasteiger partial charge is 0.191 e. The summed E-state index contributed by atoms with van der Waals surface area (Å²) in [6.07, 6.45) is 2.16. The number of nitrogens with one attached hydrogen (secondary N) is 2. The van der Waals surface area contributed by atoms with Gasteiger partial charge in [0.05, 0.1) is 21.3 Å². The lowest BCUT2D eigenvalue weighted by Gasteiger charge is -2.38. The van der Waals surface area contributed by atoms with E-state index < -0.39 is 0 Å². The van der Waals surface area contributed by atoms with Gasteiger partial charge in [0.25, 0.3) is 0 Å². The van der Waals surface area contributed by atoms with Crippen LogP contribution in [0.4, 0.5) is 0 Å². The minimum atomic E-state index is 0.385. The van der Waals surface area contributed by atoms with Gasteiger partial charge in [-0.05, 0) is 31.4 Å². The number of piperidine rings is 1. The Morgan fingerprint density at radius 2 is 1.72 bits per heavy atom. The maximum absolute atomic E-state index is 5.54. The van der Waals surface area contributed by atoms with Crippen molar-refractivity contribution in [2.24, 2.45) is 4.99 Å². The highest BCUT2D eigenvalue weighted by Gasteiger charge is 2.26. The predicted molar refractivity (Wildman–Crippen MR) is 129 cm³/mol. The molecule has 2 atom stereocenters. The summed E-state index contributed by atoms with van der Waals surface area (Å²) in [6, 6.07) is 15.4. The number of hydrogen-bond acceptors (Lipinski definition) is 5. The van der Waals surface area contributed by atoms with Gasteiger partial charge < -0.3 is 24.8 Å². The van der Waals surface area contributed by atoms with Crippen LogP contribution in [0.15, 0.2) is 47.5 Å². The van der Waals surface area contributed by atoms with Crippen LogP contribution in [0.5, 0.6) is 17.2 Å². The third-order valence-electron chi connectivity index (χ3n) is 6.04. The van der Waals surface area contributed by atoms with Gasteiger partial charge >= 0.3 is 0 Å². The topological polar surface area (TPSA) is 67.4 Å². The molecule has 2 aromatic rings. The van der Waals surface area contributed by atoms with Crippen molar-refractivity contribution in [2.75, 3.05) is 34.9 Å². The summed E-state index contributed by atoms with van der Waals surface area (Å²) >= 11 is 0. The van der Waals surface area contributed by atoms with Gasteiger partial charge in [0, 0.05) is 50.4 Å². The minimum Gasteiger partial charge on any atom is -0.496 e. The fourth-order valence-corrected chi connectivity index (χ4v) is 4.20. The summed E-state index contributed by atoms with van der Waals surface area (Å²) in [5, 5.41) is 7.01. The van der Waals surface area contributed by atoms with Crippen LogP contribution in [0.25, 0.3) is 0 Å². The fourth-order valence-electron chi connectivity index (χ4n) is 4.20. The standard InChI is InChI=1S/C25H36N4O3/c1-18-13-21(11-12-29(18)17-19-9-7-6-8-10-19)28-25(26-2)27-16-20-14-23(31-4)24(32-5)15-22(20)30-3/h6-10,14-15,18,21H,11-13,16-17H2,1-5H3,(H2,26,27,28). The van der Waals surface area contributed by atoms with E-state index in [4.69, 9.17) is 14.2 Å². The van der Waals surface area contributed by atoms with Crippen molar-refractivity contribution in [1.29, 1.82) is 0 Å². The molecule has 174 valence electrons. The normalized spacial score (nSPS) is 19.3. The molecule has 0 saturated carbocycles. The highest BCUT2D eigenvalue weighted by Crippen LogP contribution is 2.34. The van der Waals surface area contributed by atoms with Crippen molar-refractivity contribution < 1.29 is 14.2 Å². The average Bonchev–Trinajstić information content (AvgIpc) is 2.83. The molecule has 1 fully saturated rings. The second-order valence-corrected chi connectivity index (χ2v) is 8.12. The van der Waals surface area contributed by atoms with Crippen LogP contribution in [-0.2, 0) is 13.1 Å². The van der Waals surface area contributed by atoms with Crippen LogP contribution < -0.4 is 24.8 Å². The van der Waals surface area contributed by atoms with Gasteiger partial charge in [0.15, 0.2) is 17.5 Å². The molecule has 1 aliphatic rings. The molecule has 1 heterocycles. The molecule has 0 aromatic heterocycles. The molecule has 2 N–H and O–H groups in total. The third kappa shape index (κ3) is 6.07. The quantitative estimate of drug-likeness (QED) is 0.484. The molecule has 7 nitrogen and oxygen atoms in total. The molecule has 32 heavy (non-hydrogen) atoms. The van der Waals surface area contributed by atoms with Crippen molar-refractivity contribution in [3.8, 4) is 17.2 Å². The average molecular weight is 441 g/mol. The minimum absolute atomic E-state index is 0.385. The highest BCUT2D eigenvalue weighted by atomic mass is 16.5. The van der Waals surface area contributed by atoms with E-state index >= 15 is 0 Å². The molecule has 2 unspecified atom stereocenters. The predicted octanol–water partition coefficient (Wildman–Crippen LogP) is 3.43. The van der Waals surface area contributed by atoms with Gasteiger partial charge in [-0.2, -0.15) is 0 Å². The van der Waals surface area contributed by atoms with Gasteiger partial charge in [-0.15, -0.1) is 0 Å². The number of ether oxygens (including phenoxy) is 3. The van der Waals surface area contributed by atoms with E-state index in [9.17, 15) is 0 Å². The Kier molecular flexibility index (Phi) is 8.62. The van der Waals surface area contributed by atoms with Gasteiger partial charge in [0.1, 0.15) is 5.75 Å². The molecule has 1 saturated heterocycles. The summed E-state index contributed by atoms with van der Waals surface area (Å²) in [5.41, 5.74) is 2.34. The first-order valence-electron chi connectivity index (χ1n) is 11.1. The van der Waals surface area contributed by atoms with Gasteiger partial charge in [-0.25, -0.2) is 0 Å². The number of benzene rings is 2. The van der Waals surface area contributed by atoms with Crippen LogP contribution in [0.3, 0.4) is 0 Å². The van der Waals surface area contributed by atoms with E-state index in [0.29, 0.717) is 30.1 Å². The molecule has 3 rings (SSSR count). The molecule has 0 aliphatic carbocycles. The number of nitrogens with zero attached hydrogens (tertiary/aromatic N) is 2. The van der Waals surface area contributed by atoms with Crippen LogP contribution in [0, 0.1) is 0 Å². The second-order valence-electron chi connectivity index (χ2n) is 8.12.